The highest BCUT2D eigenvalue weighted by atomic mass is 16.5. The third-order valence-corrected chi connectivity index (χ3v) is 7.26. The predicted octanol–water partition coefficient (Wildman–Crippen LogP) is 3.64. The number of pyridine rings is 1. The smallest absolute Gasteiger partial charge is 0.183 e. The number of benzene rings is 1. The van der Waals surface area contributed by atoms with Crippen molar-refractivity contribution in [2.75, 3.05) is 43.5 Å². The fourth-order valence-electron chi connectivity index (χ4n) is 5.52. The summed E-state index contributed by atoms with van der Waals surface area (Å²) in [6.07, 6.45) is 8.74. The molecule has 0 atom stereocenters. The molecule has 2 N–H and O–H groups in total. The third kappa shape index (κ3) is 4.03. The van der Waals surface area contributed by atoms with Crippen LogP contribution >= 0.6 is 0 Å². The van der Waals surface area contributed by atoms with Gasteiger partial charge in [-0.05, 0) is 50.7 Å². The van der Waals surface area contributed by atoms with Crippen LogP contribution in [-0.4, -0.2) is 64.5 Å². The van der Waals surface area contributed by atoms with E-state index in [-0.39, 0.29) is 5.60 Å². The first-order chi connectivity index (χ1) is 17.7. The highest BCUT2D eigenvalue weighted by molar-refractivity contribution is 5.87. The van der Waals surface area contributed by atoms with E-state index in [4.69, 9.17) is 14.7 Å². The van der Waals surface area contributed by atoms with Crippen LogP contribution < -0.4 is 19.9 Å². The van der Waals surface area contributed by atoms with Crippen LogP contribution in [0.3, 0.4) is 0 Å². The van der Waals surface area contributed by atoms with Crippen LogP contribution in [0.15, 0.2) is 48.8 Å². The average molecular weight is 485 g/mol. The molecule has 0 aliphatic carbocycles. The van der Waals surface area contributed by atoms with Crippen molar-refractivity contribution >= 4 is 28.5 Å². The molecule has 36 heavy (non-hydrogen) atoms. The van der Waals surface area contributed by atoms with Crippen LogP contribution in [0.5, 0.6) is 5.75 Å². The zero-order valence-corrected chi connectivity index (χ0v) is 20.9. The Balaban J connectivity index is 0.000000765. The minimum absolute atomic E-state index is 0.0748. The summed E-state index contributed by atoms with van der Waals surface area (Å²) in [5, 5.41) is 10.5. The molecular weight excluding hydrogens is 452 g/mol. The first-order valence-electron chi connectivity index (χ1n) is 12.7. The lowest BCUT2D eigenvalue weighted by Gasteiger charge is -2.39. The quantitative estimate of drug-likeness (QED) is 0.445. The molecule has 6 heterocycles. The third-order valence-electron chi connectivity index (χ3n) is 7.26. The van der Waals surface area contributed by atoms with E-state index in [9.17, 15) is 0 Å². The van der Waals surface area contributed by atoms with E-state index in [1.165, 1.54) is 5.56 Å². The van der Waals surface area contributed by atoms with Crippen LogP contribution in [0, 0.1) is 0 Å². The van der Waals surface area contributed by atoms with Crippen molar-refractivity contribution in [2.45, 2.75) is 37.7 Å². The summed E-state index contributed by atoms with van der Waals surface area (Å²) < 4.78 is 6.40. The van der Waals surface area contributed by atoms with E-state index in [0.29, 0.717) is 0 Å². The largest absolute Gasteiger partial charge is 0.487 e. The Kier molecular flexibility index (Phi) is 5.92. The van der Waals surface area contributed by atoms with E-state index >= 15 is 0 Å². The highest BCUT2D eigenvalue weighted by Gasteiger charge is 2.42. The summed E-state index contributed by atoms with van der Waals surface area (Å²) in [5.41, 5.74) is 5.01. The number of ether oxygens (including phenoxy) is 1. The second-order valence-corrected chi connectivity index (χ2v) is 9.75. The molecule has 1 fully saturated rings. The van der Waals surface area contributed by atoms with Crippen molar-refractivity contribution in [3.05, 3.63) is 60.0 Å². The Hall–Kier alpha value is -3.72. The maximum Gasteiger partial charge on any atom is 0.183 e. The predicted molar refractivity (Wildman–Crippen MR) is 141 cm³/mol. The second kappa shape index (κ2) is 9.39. The summed E-state index contributed by atoms with van der Waals surface area (Å²) in [4.78, 5) is 18.7. The zero-order valence-electron chi connectivity index (χ0n) is 20.9. The minimum Gasteiger partial charge on any atom is -0.487 e. The molecule has 4 aromatic rings. The molecule has 1 aromatic carbocycles. The number of nitrogens with one attached hydrogen (secondary N) is 2. The summed E-state index contributed by atoms with van der Waals surface area (Å²) in [6.45, 7) is 2.71. The van der Waals surface area contributed by atoms with Crippen molar-refractivity contribution in [1.82, 2.24) is 30.5 Å². The lowest BCUT2D eigenvalue weighted by atomic mass is 9.87. The highest BCUT2D eigenvalue weighted by Crippen LogP contribution is 2.41. The van der Waals surface area contributed by atoms with E-state index < -0.39 is 0 Å². The molecule has 7 rings (SSSR count). The maximum absolute atomic E-state index is 6.40. The lowest BCUT2D eigenvalue weighted by Crippen LogP contribution is -2.47. The molecule has 3 aliphatic rings. The van der Waals surface area contributed by atoms with Crippen LogP contribution in [-0.2, 0) is 12.8 Å². The van der Waals surface area contributed by atoms with E-state index in [1.54, 1.807) is 0 Å². The summed E-state index contributed by atoms with van der Waals surface area (Å²) >= 11 is 0. The molecule has 0 amide bonds. The van der Waals surface area contributed by atoms with E-state index in [1.807, 2.05) is 32.6 Å². The Morgan fingerprint density at radius 2 is 1.86 bits per heavy atom. The molecule has 0 unspecified atom stereocenters. The minimum atomic E-state index is -0.0748. The number of hydrogen-bond donors (Lipinski definition) is 2. The van der Waals surface area contributed by atoms with Gasteiger partial charge in [-0.2, -0.15) is 5.10 Å². The number of nitrogens with zero attached hydrogens (tertiary/aromatic N) is 6. The summed E-state index contributed by atoms with van der Waals surface area (Å²) in [5.74, 6) is 2.77. The van der Waals surface area contributed by atoms with Gasteiger partial charge in [-0.15, -0.1) is 0 Å². The number of anilines is 3. The van der Waals surface area contributed by atoms with Crippen molar-refractivity contribution in [1.29, 1.82) is 0 Å². The molecule has 0 bridgehead atoms. The molecule has 0 saturated carbocycles. The molecule has 0 radical (unpaired) electrons. The zero-order chi connectivity index (χ0) is 24.5. The van der Waals surface area contributed by atoms with E-state index in [0.717, 1.165) is 91.7 Å². The molecule has 9 heteroatoms. The van der Waals surface area contributed by atoms with Gasteiger partial charge in [0.2, 0.25) is 0 Å². The maximum atomic E-state index is 6.40. The van der Waals surface area contributed by atoms with Gasteiger partial charge in [0.1, 0.15) is 17.2 Å². The number of aromatic nitrogens is 5. The average Bonchev–Trinajstić information content (AvgIpc) is 3.50. The van der Waals surface area contributed by atoms with Gasteiger partial charge in [-0.25, -0.2) is 9.97 Å². The standard InChI is InChI=1S/C25H25N7O.C2H7N/c1-2-8-20-17(5-1)15-25(33-20)9-13-31(14-10-25)21-16-27-22-23(28-21)29-30-24(22)32-12-4-6-18-19(32)7-3-11-26-18;1-3-2/h1-3,5,7-8,11,16H,4,6,9-10,12-15H2,(H,28,29,30);3H,1-2H3. The Morgan fingerprint density at radius 1 is 1.03 bits per heavy atom. The second-order valence-electron chi connectivity index (χ2n) is 9.75. The van der Waals surface area contributed by atoms with Gasteiger partial charge >= 0.3 is 0 Å². The molecule has 186 valence electrons. The van der Waals surface area contributed by atoms with Crippen LogP contribution in [0.1, 0.15) is 30.5 Å². The fraction of sp³-hybridized carbons (Fsp3) is 0.407. The fourth-order valence-corrected chi connectivity index (χ4v) is 5.52. The number of hydrogen-bond acceptors (Lipinski definition) is 8. The molecule has 1 saturated heterocycles. The number of H-pyrrole nitrogens is 1. The number of para-hydroxylation sites is 1. The molecule has 1 spiro atoms. The van der Waals surface area contributed by atoms with Gasteiger partial charge in [-0.3, -0.25) is 10.1 Å². The van der Waals surface area contributed by atoms with Gasteiger partial charge in [0.15, 0.2) is 17.0 Å². The summed E-state index contributed by atoms with van der Waals surface area (Å²) in [7, 11) is 3.75. The number of rotatable bonds is 2. The van der Waals surface area contributed by atoms with Gasteiger partial charge in [-0.1, -0.05) is 18.2 Å². The number of piperidine rings is 1. The molecule has 3 aromatic heterocycles. The van der Waals surface area contributed by atoms with Crippen LogP contribution in [0.2, 0.25) is 0 Å². The van der Waals surface area contributed by atoms with Gasteiger partial charge in [0, 0.05) is 45.1 Å². The van der Waals surface area contributed by atoms with E-state index in [2.05, 4.69) is 60.6 Å². The van der Waals surface area contributed by atoms with Crippen LogP contribution in [0.25, 0.3) is 11.2 Å². The molecule has 9 nitrogen and oxygen atoms in total. The molecule has 3 aliphatic heterocycles. The van der Waals surface area contributed by atoms with Crippen molar-refractivity contribution < 1.29 is 4.74 Å². The topological polar surface area (TPSA) is 95.1 Å². The molecular formula is C27H32N8O. The lowest BCUT2D eigenvalue weighted by molar-refractivity contribution is 0.0666. The van der Waals surface area contributed by atoms with Crippen molar-refractivity contribution in [3.8, 4) is 5.75 Å². The van der Waals surface area contributed by atoms with Gasteiger partial charge in [0.05, 0.1) is 17.6 Å². The first-order valence-corrected chi connectivity index (χ1v) is 12.7. The number of aryl methyl sites for hydroxylation is 1. The monoisotopic (exact) mass is 484 g/mol. The number of aromatic amines is 1. The summed E-state index contributed by atoms with van der Waals surface area (Å²) in [6, 6.07) is 12.5. The Labute approximate surface area is 210 Å². The number of fused-ring (bicyclic) bond motifs is 3. The van der Waals surface area contributed by atoms with Gasteiger partial charge in [0.25, 0.3) is 0 Å². The van der Waals surface area contributed by atoms with Crippen molar-refractivity contribution in [2.24, 2.45) is 0 Å². The Morgan fingerprint density at radius 3 is 2.69 bits per heavy atom. The van der Waals surface area contributed by atoms with Crippen LogP contribution in [0.4, 0.5) is 17.3 Å². The Bertz CT molecular complexity index is 1330. The van der Waals surface area contributed by atoms with Crippen molar-refractivity contribution in [3.63, 3.8) is 0 Å². The SMILES string of the molecule is CNC.c1ccc2c(c1)CC1(CCN(c3cnc4c(N5CCCc6ncccc65)n[nH]c4n3)CC1)O2. The first kappa shape index (κ1) is 22.7. The normalized spacial score (nSPS) is 17.8. The van der Waals surface area contributed by atoms with Gasteiger partial charge < -0.3 is 19.9 Å².